The minimum atomic E-state index is -1.02. The number of aliphatic carboxylic acids is 1. The lowest BCUT2D eigenvalue weighted by molar-refractivity contribution is -0.142. The average molecular weight is 272 g/mol. The molecule has 0 unspecified atom stereocenters. The van der Waals surface area contributed by atoms with E-state index in [1.165, 1.54) is 11.1 Å². The summed E-state index contributed by atoms with van der Waals surface area (Å²) in [6, 6.07) is 6.65. The molecule has 2 aromatic rings. The molecule has 1 atom stereocenters. The first-order chi connectivity index (χ1) is 9.66. The van der Waals surface area contributed by atoms with E-state index in [9.17, 15) is 14.7 Å². The number of carboxylic acid groups (broad SMARTS) is 1. The first kappa shape index (κ1) is 12.3. The van der Waals surface area contributed by atoms with Gasteiger partial charge in [0.1, 0.15) is 6.04 Å². The van der Waals surface area contributed by atoms with Crippen LogP contribution in [0.3, 0.4) is 0 Å². The predicted octanol–water partition coefficient (Wildman–Crippen LogP) is 0.456. The van der Waals surface area contributed by atoms with Crippen LogP contribution in [0, 0.1) is 0 Å². The molecular weight excluding hydrogens is 260 g/mol. The van der Waals surface area contributed by atoms with Crippen molar-refractivity contribution in [2.75, 3.05) is 0 Å². The third-order valence-electron chi connectivity index (χ3n) is 3.43. The van der Waals surface area contributed by atoms with E-state index < -0.39 is 17.9 Å². The van der Waals surface area contributed by atoms with Crippen molar-refractivity contribution in [1.29, 1.82) is 0 Å². The topological polar surface area (TPSA) is 99.2 Å². The summed E-state index contributed by atoms with van der Waals surface area (Å²) >= 11 is 0. The van der Waals surface area contributed by atoms with Crippen molar-refractivity contribution in [3.63, 3.8) is 0 Å². The monoisotopic (exact) mass is 272 g/mol. The van der Waals surface area contributed by atoms with Crippen molar-refractivity contribution in [2.24, 2.45) is 0 Å². The lowest BCUT2D eigenvalue weighted by atomic mass is 9.94. The molecule has 0 fully saturated rings. The maximum absolute atomic E-state index is 12.3. The second kappa shape index (κ2) is 4.76. The highest BCUT2D eigenvalue weighted by molar-refractivity contribution is 5.95. The van der Waals surface area contributed by atoms with E-state index in [1.54, 1.807) is 0 Å². The third-order valence-corrected chi connectivity index (χ3v) is 3.43. The Bertz CT molecular complexity index is 653. The molecule has 0 spiro atoms. The Morgan fingerprint density at radius 3 is 2.70 bits per heavy atom. The number of benzene rings is 1. The van der Waals surface area contributed by atoms with Crippen LogP contribution in [0.2, 0.25) is 0 Å². The van der Waals surface area contributed by atoms with E-state index in [1.807, 2.05) is 24.3 Å². The van der Waals surface area contributed by atoms with E-state index in [4.69, 9.17) is 0 Å². The molecule has 2 heterocycles. The van der Waals surface area contributed by atoms with Gasteiger partial charge in [-0.25, -0.2) is 4.79 Å². The third kappa shape index (κ3) is 2.03. The summed E-state index contributed by atoms with van der Waals surface area (Å²) in [5.74, 6) is -1.45. The Kier molecular flexibility index (Phi) is 2.94. The van der Waals surface area contributed by atoms with Gasteiger partial charge in [0.2, 0.25) is 0 Å². The summed E-state index contributed by atoms with van der Waals surface area (Å²) < 4.78 is 0. The number of carbonyl (C=O) groups excluding carboxylic acids is 1. The van der Waals surface area contributed by atoms with Gasteiger partial charge in [-0.3, -0.25) is 4.79 Å². The molecule has 1 aromatic carbocycles. The van der Waals surface area contributed by atoms with Crippen molar-refractivity contribution in [1.82, 2.24) is 20.3 Å². The van der Waals surface area contributed by atoms with Crippen LogP contribution < -0.4 is 0 Å². The van der Waals surface area contributed by atoms with Gasteiger partial charge in [0.25, 0.3) is 5.91 Å². The Morgan fingerprint density at radius 1 is 1.30 bits per heavy atom. The van der Waals surface area contributed by atoms with E-state index in [0.717, 1.165) is 11.1 Å². The number of nitrogens with one attached hydrogen (secondary N) is 1. The number of nitrogens with zero attached hydrogens (tertiary/aromatic N) is 3. The summed E-state index contributed by atoms with van der Waals surface area (Å²) in [5.41, 5.74) is 2.04. The van der Waals surface area contributed by atoms with Gasteiger partial charge in [0.05, 0.1) is 6.20 Å². The lowest BCUT2D eigenvalue weighted by Crippen LogP contribution is -2.48. The van der Waals surface area contributed by atoms with Gasteiger partial charge in [-0.2, -0.15) is 15.4 Å². The smallest absolute Gasteiger partial charge is 0.326 e. The number of fused-ring (bicyclic) bond motifs is 1. The number of aromatic amines is 1. The van der Waals surface area contributed by atoms with Gasteiger partial charge in [-0.05, 0) is 11.1 Å². The molecule has 0 saturated carbocycles. The zero-order chi connectivity index (χ0) is 14.1. The average Bonchev–Trinajstić information content (AvgIpc) is 2.99. The molecule has 3 rings (SSSR count). The predicted molar refractivity (Wildman–Crippen MR) is 67.8 cm³/mol. The molecule has 0 radical (unpaired) electrons. The van der Waals surface area contributed by atoms with Gasteiger partial charge in [-0.15, -0.1) is 0 Å². The SMILES string of the molecule is O=C(O)[C@H]1Cc2ccccc2CN1C(=O)c1cn[nH]n1. The highest BCUT2D eigenvalue weighted by atomic mass is 16.4. The van der Waals surface area contributed by atoms with Crippen molar-refractivity contribution in [3.8, 4) is 0 Å². The first-order valence-corrected chi connectivity index (χ1v) is 6.13. The van der Waals surface area contributed by atoms with Crippen LogP contribution in [0.15, 0.2) is 30.5 Å². The molecule has 102 valence electrons. The van der Waals surface area contributed by atoms with Crippen LogP contribution in [0.1, 0.15) is 21.6 Å². The molecule has 7 nitrogen and oxygen atoms in total. The van der Waals surface area contributed by atoms with E-state index in [2.05, 4.69) is 15.4 Å². The van der Waals surface area contributed by atoms with Crippen molar-refractivity contribution < 1.29 is 14.7 Å². The molecule has 0 bridgehead atoms. The molecular formula is C13H12N4O3. The van der Waals surface area contributed by atoms with E-state index in [0.29, 0.717) is 6.42 Å². The molecule has 2 N–H and O–H groups in total. The van der Waals surface area contributed by atoms with Crippen LogP contribution in [-0.4, -0.2) is 43.3 Å². The van der Waals surface area contributed by atoms with Gasteiger partial charge in [-0.1, -0.05) is 24.3 Å². The summed E-state index contributed by atoms with van der Waals surface area (Å²) in [4.78, 5) is 25.1. The zero-order valence-electron chi connectivity index (χ0n) is 10.5. The fourth-order valence-electron chi connectivity index (χ4n) is 2.41. The largest absolute Gasteiger partial charge is 0.480 e. The maximum atomic E-state index is 12.3. The highest BCUT2D eigenvalue weighted by Gasteiger charge is 2.35. The molecule has 0 aliphatic carbocycles. The fourth-order valence-corrected chi connectivity index (χ4v) is 2.41. The van der Waals surface area contributed by atoms with Gasteiger partial charge < -0.3 is 10.0 Å². The summed E-state index contributed by atoms with van der Waals surface area (Å²) in [5, 5.41) is 19.0. The van der Waals surface area contributed by atoms with Crippen molar-refractivity contribution in [2.45, 2.75) is 19.0 Å². The normalized spacial score (nSPS) is 17.6. The van der Waals surface area contributed by atoms with Gasteiger partial charge in [0, 0.05) is 13.0 Å². The maximum Gasteiger partial charge on any atom is 0.326 e. The van der Waals surface area contributed by atoms with Crippen molar-refractivity contribution >= 4 is 11.9 Å². The Morgan fingerprint density at radius 2 is 2.05 bits per heavy atom. The Hall–Kier alpha value is -2.70. The lowest BCUT2D eigenvalue weighted by Gasteiger charge is -2.33. The second-order valence-electron chi connectivity index (χ2n) is 4.62. The van der Waals surface area contributed by atoms with Crippen LogP contribution in [0.25, 0.3) is 0 Å². The number of hydrogen-bond donors (Lipinski definition) is 2. The summed E-state index contributed by atoms with van der Waals surface area (Å²) in [6.07, 6.45) is 1.59. The molecule has 1 aromatic heterocycles. The van der Waals surface area contributed by atoms with E-state index in [-0.39, 0.29) is 12.2 Å². The number of H-pyrrole nitrogens is 1. The Labute approximate surface area is 114 Å². The molecule has 1 aliphatic heterocycles. The number of hydrogen-bond acceptors (Lipinski definition) is 4. The number of aromatic nitrogens is 3. The Balaban J connectivity index is 1.96. The zero-order valence-corrected chi connectivity index (χ0v) is 10.5. The van der Waals surface area contributed by atoms with Crippen LogP contribution in [0.5, 0.6) is 0 Å². The number of rotatable bonds is 2. The highest BCUT2D eigenvalue weighted by Crippen LogP contribution is 2.24. The summed E-state index contributed by atoms with van der Waals surface area (Å²) in [6.45, 7) is 0.263. The first-order valence-electron chi connectivity index (χ1n) is 6.13. The van der Waals surface area contributed by atoms with Crippen LogP contribution in [0.4, 0.5) is 0 Å². The van der Waals surface area contributed by atoms with Crippen LogP contribution in [-0.2, 0) is 17.8 Å². The van der Waals surface area contributed by atoms with Crippen LogP contribution >= 0.6 is 0 Å². The standard InChI is InChI=1S/C13H12N4O3/c18-12(10-6-14-16-15-10)17-7-9-4-2-1-3-8(9)5-11(17)13(19)20/h1-4,6,11H,5,7H2,(H,19,20)(H,14,15,16)/t11-/m1/s1. The fraction of sp³-hybridized carbons (Fsp3) is 0.231. The molecule has 20 heavy (non-hydrogen) atoms. The molecule has 7 heteroatoms. The van der Waals surface area contributed by atoms with Gasteiger partial charge >= 0.3 is 5.97 Å². The summed E-state index contributed by atoms with van der Waals surface area (Å²) in [7, 11) is 0. The molecule has 0 saturated heterocycles. The minimum Gasteiger partial charge on any atom is -0.480 e. The molecule has 1 aliphatic rings. The van der Waals surface area contributed by atoms with Crippen molar-refractivity contribution in [3.05, 3.63) is 47.3 Å². The second-order valence-corrected chi connectivity index (χ2v) is 4.62. The number of carbonyl (C=O) groups is 2. The number of carboxylic acids is 1. The number of amides is 1. The minimum absolute atomic E-state index is 0.121. The van der Waals surface area contributed by atoms with E-state index >= 15 is 0 Å². The molecule has 1 amide bonds. The van der Waals surface area contributed by atoms with Gasteiger partial charge in [0.15, 0.2) is 5.69 Å². The quantitative estimate of drug-likeness (QED) is 0.827.